The van der Waals surface area contributed by atoms with Crippen LogP contribution in [0, 0.1) is 5.82 Å². The molecule has 3 aromatic rings. The number of halogens is 2. The number of imidazole rings is 1. The van der Waals surface area contributed by atoms with Crippen LogP contribution in [0.15, 0.2) is 47.1 Å². The van der Waals surface area contributed by atoms with Crippen molar-refractivity contribution in [1.82, 2.24) is 9.38 Å². The second kappa shape index (κ2) is 5.95. The first kappa shape index (κ1) is 14.2. The number of fused-ring (bicyclic) bond motifs is 1. The number of hydrogen-bond donors (Lipinski definition) is 0. The number of aromatic nitrogens is 2. The normalized spacial score (nSPS) is 11.2. The van der Waals surface area contributed by atoms with Crippen molar-refractivity contribution in [2.45, 2.75) is 13.5 Å². The minimum absolute atomic E-state index is 0.253. The quantitative estimate of drug-likeness (QED) is 0.696. The van der Waals surface area contributed by atoms with Gasteiger partial charge in [0.25, 0.3) is 0 Å². The average molecular weight is 349 g/mol. The summed E-state index contributed by atoms with van der Waals surface area (Å²) in [7, 11) is 0. The van der Waals surface area contributed by atoms with Crippen LogP contribution >= 0.6 is 15.9 Å². The first-order valence-corrected chi connectivity index (χ1v) is 7.48. The summed E-state index contributed by atoms with van der Waals surface area (Å²) in [5.41, 5.74) is 3.50. The molecule has 0 radical (unpaired) electrons. The van der Waals surface area contributed by atoms with Gasteiger partial charge in [-0.25, -0.2) is 9.37 Å². The van der Waals surface area contributed by atoms with Crippen LogP contribution in [0.4, 0.5) is 4.39 Å². The predicted molar refractivity (Wildman–Crippen MR) is 83.6 cm³/mol. The predicted octanol–water partition coefficient (Wildman–Crippen LogP) is 4.44. The van der Waals surface area contributed by atoms with E-state index >= 15 is 0 Å². The van der Waals surface area contributed by atoms with Gasteiger partial charge in [-0.3, -0.25) is 4.40 Å². The number of benzene rings is 1. The summed E-state index contributed by atoms with van der Waals surface area (Å²) in [5.74, 6) is -0.253. The zero-order valence-corrected chi connectivity index (χ0v) is 13.1. The van der Waals surface area contributed by atoms with E-state index in [0.717, 1.165) is 27.1 Å². The summed E-state index contributed by atoms with van der Waals surface area (Å²) in [6.07, 6.45) is 1.96. The molecule has 2 heterocycles. The lowest BCUT2D eigenvalue weighted by atomic mass is 10.1. The van der Waals surface area contributed by atoms with E-state index in [4.69, 9.17) is 4.74 Å². The number of nitrogens with zero attached hydrogens (tertiary/aromatic N) is 2. The summed E-state index contributed by atoms with van der Waals surface area (Å²) in [4.78, 5) is 4.65. The molecule has 0 unspecified atom stereocenters. The monoisotopic (exact) mass is 348 g/mol. The van der Waals surface area contributed by atoms with Gasteiger partial charge in [0.15, 0.2) is 0 Å². The highest BCUT2D eigenvalue weighted by molar-refractivity contribution is 9.10. The molecule has 0 aliphatic carbocycles. The fraction of sp³-hybridized carbons (Fsp3) is 0.188. The van der Waals surface area contributed by atoms with Crippen molar-refractivity contribution in [1.29, 1.82) is 0 Å². The molecule has 3 rings (SSSR count). The van der Waals surface area contributed by atoms with Crippen LogP contribution < -0.4 is 0 Å². The van der Waals surface area contributed by atoms with Crippen molar-refractivity contribution >= 4 is 21.6 Å². The van der Waals surface area contributed by atoms with E-state index in [1.165, 1.54) is 12.1 Å². The summed E-state index contributed by atoms with van der Waals surface area (Å²) < 4.78 is 21.6. The minimum atomic E-state index is -0.253. The van der Waals surface area contributed by atoms with Crippen LogP contribution in [0.3, 0.4) is 0 Å². The van der Waals surface area contributed by atoms with Crippen LogP contribution in [-0.2, 0) is 11.3 Å². The molecular weight excluding hydrogens is 335 g/mol. The Balaban J connectivity index is 2.18. The zero-order valence-electron chi connectivity index (χ0n) is 11.5. The Morgan fingerprint density at radius 3 is 2.67 bits per heavy atom. The first-order chi connectivity index (χ1) is 10.2. The molecule has 3 nitrogen and oxygen atoms in total. The SMILES string of the molecule is CCOCc1c(-c2ccc(F)cc2)nc2ccc(Br)cn12. The Labute approximate surface area is 130 Å². The molecule has 0 bridgehead atoms. The van der Waals surface area contributed by atoms with E-state index in [9.17, 15) is 4.39 Å². The lowest BCUT2D eigenvalue weighted by Gasteiger charge is -2.06. The molecule has 5 heteroatoms. The van der Waals surface area contributed by atoms with Gasteiger partial charge in [0, 0.05) is 22.8 Å². The molecule has 0 spiro atoms. The molecule has 1 aromatic carbocycles. The lowest BCUT2D eigenvalue weighted by molar-refractivity contribution is 0.131. The summed E-state index contributed by atoms with van der Waals surface area (Å²) in [6.45, 7) is 3.04. The molecule has 108 valence electrons. The van der Waals surface area contributed by atoms with Crippen molar-refractivity contribution in [2.24, 2.45) is 0 Å². The highest BCUT2D eigenvalue weighted by atomic mass is 79.9. The van der Waals surface area contributed by atoms with Crippen molar-refractivity contribution in [3.05, 3.63) is 58.6 Å². The molecule has 21 heavy (non-hydrogen) atoms. The second-order valence-electron chi connectivity index (χ2n) is 4.63. The van der Waals surface area contributed by atoms with Gasteiger partial charge in [-0.05, 0) is 59.3 Å². The summed E-state index contributed by atoms with van der Waals surface area (Å²) in [6, 6.07) is 10.2. The topological polar surface area (TPSA) is 26.5 Å². The maximum absolute atomic E-state index is 13.1. The highest BCUT2D eigenvalue weighted by Gasteiger charge is 2.14. The fourth-order valence-corrected chi connectivity index (χ4v) is 2.58. The third-order valence-electron chi connectivity index (χ3n) is 3.24. The second-order valence-corrected chi connectivity index (χ2v) is 5.54. The van der Waals surface area contributed by atoms with E-state index in [1.54, 1.807) is 12.1 Å². The Hall–Kier alpha value is -1.72. The molecule has 0 saturated carbocycles. The number of ether oxygens (including phenoxy) is 1. The molecule has 0 atom stereocenters. The van der Waals surface area contributed by atoms with Crippen LogP contribution in [0.2, 0.25) is 0 Å². The standard InChI is InChI=1S/C16H14BrFN2O/c1-2-21-10-14-16(11-3-6-13(18)7-4-11)19-15-8-5-12(17)9-20(14)15/h3-9H,2,10H2,1H3. The Kier molecular flexibility index (Phi) is 4.03. The largest absolute Gasteiger partial charge is 0.375 e. The first-order valence-electron chi connectivity index (χ1n) is 6.69. The van der Waals surface area contributed by atoms with Crippen LogP contribution in [-0.4, -0.2) is 16.0 Å². The van der Waals surface area contributed by atoms with Gasteiger partial charge in [0.2, 0.25) is 0 Å². The summed E-state index contributed by atoms with van der Waals surface area (Å²) in [5, 5.41) is 0. The van der Waals surface area contributed by atoms with E-state index in [-0.39, 0.29) is 5.82 Å². The maximum Gasteiger partial charge on any atom is 0.137 e. The molecule has 0 aliphatic rings. The van der Waals surface area contributed by atoms with Gasteiger partial charge >= 0.3 is 0 Å². The van der Waals surface area contributed by atoms with Crippen molar-refractivity contribution in [3.63, 3.8) is 0 Å². The highest BCUT2D eigenvalue weighted by Crippen LogP contribution is 2.26. The van der Waals surface area contributed by atoms with Crippen LogP contribution in [0.5, 0.6) is 0 Å². The molecule has 2 aromatic heterocycles. The molecule has 0 fully saturated rings. The molecule has 0 amide bonds. The Bertz CT molecular complexity index is 768. The van der Waals surface area contributed by atoms with Crippen LogP contribution in [0.25, 0.3) is 16.9 Å². The number of pyridine rings is 1. The van der Waals surface area contributed by atoms with Gasteiger partial charge in [-0.1, -0.05) is 0 Å². The third kappa shape index (κ3) is 2.84. The molecular formula is C16H14BrFN2O. The van der Waals surface area contributed by atoms with Gasteiger partial charge in [0.05, 0.1) is 18.0 Å². The van der Waals surface area contributed by atoms with Crippen molar-refractivity contribution in [2.75, 3.05) is 6.61 Å². The van der Waals surface area contributed by atoms with Gasteiger partial charge in [-0.2, -0.15) is 0 Å². The van der Waals surface area contributed by atoms with Gasteiger partial charge in [0.1, 0.15) is 11.5 Å². The van der Waals surface area contributed by atoms with E-state index in [2.05, 4.69) is 20.9 Å². The Morgan fingerprint density at radius 1 is 1.19 bits per heavy atom. The zero-order chi connectivity index (χ0) is 14.8. The van der Waals surface area contributed by atoms with Gasteiger partial charge in [-0.15, -0.1) is 0 Å². The molecule has 0 N–H and O–H groups in total. The van der Waals surface area contributed by atoms with Gasteiger partial charge < -0.3 is 4.74 Å². The smallest absolute Gasteiger partial charge is 0.137 e. The van der Waals surface area contributed by atoms with E-state index in [0.29, 0.717) is 13.2 Å². The molecule has 0 aliphatic heterocycles. The lowest BCUT2D eigenvalue weighted by Crippen LogP contribution is -1.99. The average Bonchev–Trinajstić information content (AvgIpc) is 2.83. The van der Waals surface area contributed by atoms with Crippen molar-refractivity contribution in [3.8, 4) is 11.3 Å². The molecule has 0 saturated heterocycles. The summed E-state index contributed by atoms with van der Waals surface area (Å²) >= 11 is 3.47. The maximum atomic E-state index is 13.1. The third-order valence-corrected chi connectivity index (χ3v) is 3.71. The van der Waals surface area contributed by atoms with Crippen molar-refractivity contribution < 1.29 is 9.13 Å². The van der Waals surface area contributed by atoms with E-state index in [1.807, 2.05) is 29.7 Å². The minimum Gasteiger partial charge on any atom is -0.375 e. The fourth-order valence-electron chi connectivity index (χ4n) is 2.24. The van der Waals surface area contributed by atoms with Crippen LogP contribution in [0.1, 0.15) is 12.6 Å². The van der Waals surface area contributed by atoms with E-state index < -0.39 is 0 Å². The number of rotatable bonds is 4. The number of hydrogen-bond acceptors (Lipinski definition) is 2. The Morgan fingerprint density at radius 2 is 1.95 bits per heavy atom.